The second-order valence-electron chi connectivity index (χ2n) is 4.32. The molecule has 0 aromatic heterocycles. The number of ether oxygens (including phenoxy) is 2. The maximum atomic E-state index is 13.1. The van der Waals surface area contributed by atoms with E-state index in [1.165, 1.54) is 12.1 Å². The topological polar surface area (TPSA) is 38.7 Å². The van der Waals surface area contributed by atoms with Crippen LogP contribution in [0.4, 0.5) is 4.39 Å². The molecule has 0 bridgehead atoms. The second kappa shape index (κ2) is 8.19. The third-order valence-electron chi connectivity index (χ3n) is 2.79. The molecule has 4 heteroatoms. The molecular weight excluding hydrogens is 235 g/mol. The minimum absolute atomic E-state index is 0.265. The van der Waals surface area contributed by atoms with Crippen molar-refractivity contribution in [2.75, 3.05) is 26.9 Å². The Morgan fingerprint density at radius 3 is 2.78 bits per heavy atom. The smallest absolute Gasteiger partial charge is 0.123 e. The molecule has 1 atom stereocenters. The second-order valence-corrected chi connectivity index (χ2v) is 4.32. The quantitative estimate of drug-likeness (QED) is 0.724. The molecular formula is C14H21FO3. The summed E-state index contributed by atoms with van der Waals surface area (Å²) in [5, 5.41) is 9.84. The number of aryl methyl sites for hydroxylation is 1. The number of aliphatic hydroxyl groups excluding tert-OH is 1. The Morgan fingerprint density at radius 1 is 1.28 bits per heavy atom. The minimum atomic E-state index is -0.506. The van der Waals surface area contributed by atoms with Crippen LogP contribution in [0.1, 0.15) is 17.5 Å². The lowest BCUT2D eigenvalue weighted by Gasteiger charge is -2.12. The number of aliphatic hydroxyl groups is 1. The van der Waals surface area contributed by atoms with E-state index in [2.05, 4.69) is 0 Å². The standard InChI is InChI=1S/C14H21FO3/c1-11-3-4-13(15)9-12(11)10-14(16)5-6-18-8-7-17-2/h3-4,9,14,16H,5-8,10H2,1-2H3. The zero-order chi connectivity index (χ0) is 13.4. The van der Waals surface area contributed by atoms with Gasteiger partial charge in [0.2, 0.25) is 0 Å². The van der Waals surface area contributed by atoms with E-state index in [-0.39, 0.29) is 5.82 Å². The van der Waals surface area contributed by atoms with Gasteiger partial charge in [-0.3, -0.25) is 0 Å². The molecule has 0 spiro atoms. The average Bonchev–Trinajstić information content (AvgIpc) is 2.33. The fraction of sp³-hybridized carbons (Fsp3) is 0.571. The Kier molecular flexibility index (Phi) is 6.86. The molecule has 3 nitrogen and oxygen atoms in total. The van der Waals surface area contributed by atoms with Crippen LogP contribution in [0, 0.1) is 12.7 Å². The lowest BCUT2D eigenvalue weighted by molar-refractivity contribution is 0.0478. The van der Waals surface area contributed by atoms with Gasteiger partial charge < -0.3 is 14.6 Å². The van der Waals surface area contributed by atoms with Gasteiger partial charge in [-0.05, 0) is 43.0 Å². The lowest BCUT2D eigenvalue weighted by Crippen LogP contribution is -2.15. The fourth-order valence-corrected chi connectivity index (χ4v) is 1.68. The van der Waals surface area contributed by atoms with E-state index < -0.39 is 6.10 Å². The third kappa shape index (κ3) is 5.58. The van der Waals surface area contributed by atoms with Crippen molar-refractivity contribution in [2.24, 2.45) is 0 Å². The monoisotopic (exact) mass is 256 g/mol. The molecule has 0 amide bonds. The number of rotatable bonds is 8. The van der Waals surface area contributed by atoms with Gasteiger partial charge >= 0.3 is 0 Å². The van der Waals surface area contributed by atoms with Crippen molar-refractivity contribution < 1.29 is 19.0 Å². The summed E-state index contributed by atoms with van der Waals surface area (Å²) in [7, 11) is 1.62. The van der Waals surface area contributed by atoms with Crippen molar-refractivity contribution in [1.29, 1.82) is 0 Å². The molecule has 1 aromatic rings. The van der Waals surface area contributed by atoms with Gasteiger partial charge in [0.05, 0.1) is 19.3 Å². The van der Waals surface area contributed by atoms with Gasteiger partial charge in [-0.1, -0.05) is 6.07 Å². The summed E-state index contributed by atoms with van der Waals surface area (Å²) in [6.45, 7) is 3.48. The Bertz CT molecular complexity index is 355. The predicted octanol–water partition coefficient (Wildman–Crippen LogP) is 2.09. The molecule has 1 rings (SSSR count). The van der Waals surface area contributed by atoms with Crippen LogP contribution in [0.3, 0.4) is 0 Å². The van der Waals surface area contributed by atoms with E-state index in [0.717, 1.165) is 11.1 Å². The summed E-state index contributed by atoms with van der Waals surface area (Å²) in [6, 6.07) is 4.63. The van der Waals surface area contributed by atoms with Crippen molar-refractivity contribution in [3.8, 4) is 0 Å². The fourth-order valence-electron chi connectivity index (χ4n) is 1.68. The van der Waals surface area contributed by atoms with Gasteiger partial charge in [0, 0.05) is 13.7 Å². The van der Waals surface area contributed by atoms with Gasteiger partial charge in [-0.25, -0.2) is 4.39 Å². The van der Waals surface area contributed by atoms with Crippen LogP contribution in [-0.2, 0) is 15.9 Å². The van der Waals surface area contributed by atoms with Crippen LogP contribution in [-0.4, -0.2) is 38.1 Å². The zero-order valence-electron chi connectivity index (χ0n) is 11.0. The van der Waals surface area contributed by atoms with Crippen molar-refractivity contribution in [1.82, 2.24) is 0 Å². The lowest BCUT2D eigenvalue weighted by atomic mass is 10.0. The number of methoxy groups -OCH3 is 1. The zero-order valence-corrected chi connectivity index (χ0v) is 11.0. The van der Waals surface area contributed by atoms with Crippen LogP contribution >= 0.6 is 0 Å². The molecule has 0 aliphatic carbocycles. The molecule has 0 fully saturated rings. The summed E-state index contributed by atoms with van der Waals surface area (Å²) in [6.07, 6.45) is 0.490. The largest absolute Gasteiger partial charge is 0.393 e. The SMILES string of the molecule is COCCOCCC(O)Cc1cc(F)ccc1C. The normalized spacial score (nSPS) is 12.7. The first-order chi connectivity index (χ1) is 8.63. The highest BCUT2D eigenvalue weighted by Crippen LogP contribution is 2.13. The maximum absolute atomic E-state index is 13.1. The molecule has 0 saturated carbocycles. The average molecular weight is 256 g/mol. The summed E-state index contributed by atoms with van der Waals surface area (Å²) in [5.41, 5.74) is 1.84. The van der Waals surface area contributed by atoms with Crippen molar-refractivity contribution in [3.63, 3.8) is 0 Å². The van der Waals surface area contributed by atoms with E-state index in [4.69, 9.17) is 9.47 Å². The molecule has 1 unspecified atom stereocenters. The van der Waals surface area contributed by atoms with Crippen molar-refractivity contribution >= 4 is 0 Å². The molecule has 0 saturated heterocycles. The van der Waals surface area contributed by atoms with Gasteiger partial charge in [0.25, 0.3) is 0 Å². The molecule has 0 aliphatic rings. The van der Waals surface area contributed by atoms with Crippen LogP contribution in [0.2, 0.25) is 0 Å². The Morgan fingerprint density at radius 2 is 2.06 bits per heavy atom. The van der Waals surface area contributed by atoms with Crippen LogP contribution in [0.15, 0.2) is 18.2 Å². The van der Waals surface area contributed by atoms with E-state index >= 15 is 0 Å². The number of halogens is 1. The highest BCUT2D eigenvalue weighted by Gasteiger charge is 2.08. The molecule has 0 radical (unpaired) electrons. The predicted molar refractivity (Wildman–Crippen MR) is 68.2 cm³/mol. The number of hydrogen-bond donors (Lipinski definition) is 1. The Labute approximate surface area is 108 Å². The summed E-state index contributed by atoms with van der Waals surface area (Å²) >= 11 is 0. The van der Waals surface area contributed by atoms with E-state index in [0.29, 0.717) is 32.7 Å². The number of hydrogen-bond acceptors (Lipinski definition) is 3. The molecule has 102 valence electrons. The Hall–Kier alpha value is -0.970. The van der Waals surface area contributed by atoms with Crippen LogP contribution in [0.25, 0.3) is 0 Å². The summed E-state index contributed by atoms with van der Waals surface area (Å²) in [4.78, 5) is 0. The Balaban J connectivity index is 2.30. The number of benzene rings is 1. The van der Waals surface area contributed by atoms with Crippen molar-refractivity contribution in [3.05, 3.63) is 35.1 Å². The molecule has 0 heterocycles. The van der Waals surface area contributed by atoms with Crippen LogP contribution < -0.4 is 0 Å². The summed E-state index contributed by atoms with van der Waals surface area (Å²) in [5.74, 6) is -0.265. The first kappa shape index (κ1) is 15.1. The highest BCUT2D eigenvalue weighted by molar-refractivity contribution is 5.27. The minimum Gasteiger partial charge on any atom is -0.393 e. The molecule has 1 aromatic carbocycles. The van der Waals surface area contributed by atoms with Gasteiger partial charge in [0.15, 0.2) is 0 Å². The van der Waals surface area contributed by atoms with Crippen molar-refractivity contribution in [2.45, 2.75) is 25.9 Å². The molecule has 1 N–H and O–H groups in total. The first-order valence-corrected chi connectivity index (χ1v) is 6.13. The van der Waals surface area contributed by atoms with Gasteiger partial charge in [0.1, 0.15) is 5.82 Å². The van der Waals surface area contributed by atoms with Gasteiger partial charge in [-0.2, -0.15) is 0 Å². The molecule has 18 heavy (non-hydrogen) atoms. The maximum Gasteiger partial charge on any atom is 0.123 e. The summed E-state index contributed by atoms with van der Waals surface area (Å²) < 4.78 is 23.2. The van der Waals surface area contributed by atoms with Gasteiger partial charge in [-0.15, -0.1) is 0 Å². The first-order valence-electron chi connectivity index (χ1n) is 6.13. The third-order valence-corrected chi connectivity index (χ3v) is 2.79. The van der Waals surface area contributed by atoms with Crippen LogP contribution in [0.5, 0.6) is 0 Å². The van der Waals surface area contributed by atoms with E-state index in [1.54, 1.807) is 13.2 Å². The highest BCUT2D eigenvalue weighted by atomic mass is 19.1. The van der Waals surface area contributed by atoms with E-state index in [1.807, 2.05) is 6.92 Å². The molecule has 0 aliphatic heterocycles. The van der Waals surface area contributed by atoms with E-state index in [9.17, 15) is 9.50 Å².